The summed E-state index contributed by atoms with van der Waals surface area (Å²) in [4.78, 5) is 14.8. The third-order valence-electron chi connectivity index (χ3n) is 3.11. The number of nitro groups is 1. The average Bonchev–Trinajstić information content (AvgIpc) is 2.82. The van der Waals surface area contributed by atoms with E-state index < -0.39 is 4.92 Å². The summed E-state index contributed by atoms with van der Waals surface area (Å²) >= 11 is 3.48. The summed E-state index contributed by atoms with van der Waals surface area (Å²) in [5.41, 5.74) is 3.68. The number of nitro benzene ring substituents is 1. The van der Waals surface area contributed by atoms with Gasteiger partial charge in [-0.3, -0.25) is 10.1 Å². The molecule has 0 spiro atoms. The number of nitrogens with zero attached hydrogens (tertiary/aromatic N) is 3. The molecule has 2 aromatic heterocycles. The predicted molar refractivity (Wildman–Crippen MR) is 79.7 cm³/mol. The van der Waals surface area contributed by atoms with E-state index in [0.717, 1.165) is 26.9 Å². The van der Waals surface area contributed by atoms with Crippen LogP contribution in [-0.2, 0) is 0 Å². The number of benzene rings is 1. The molecule has 0 atom stereocenters. The molecule has 0 aliphatic heterocycles. The highest BCUT2D eigenvalue weighted by atomic mass is 79.9. The Hall–Kier alpha value is -2.21. The molecule has 0 aliphatic carbocycles. The van der Waals surface area contributed by atoms with Gasteiger partial charge in [-0.1, -0.05) is 0 Å². The normalized spacial score (nSPS) is 10.9. The van der Waals surface area contributed by atoms with Crippen molar-refractivity contribution in [1.29, 1.82) is 0 Å². The molecule has 100 valence electrons. The van der Waals surface area contributed by atoms with Gasteiger partial charge in [0.1, 0.15) is 5.65 Å². The minimum atomic E-state index is -0.409. The number of fused-ring (bicyclic) bond motifs is 1. The third-order valence-corrected chi connectivity index (χ3v) is 3.94. The van der Waals surface area contributed by atoms with Crippen molar-refractivity contribution in [3.05, 3.63) is 62.9 Å². The lowest BCUT2D eigenvalue weighted by Crippen LogP contribution is -1.87. The van der Waals surface area contributed by atoms with Crippen LogP contribution in [0.2, 0.25) is 0 Å². The summed E-state index contributed by atoms with van der Waals surface area (Å²) < 4.78 is 2.94. The van der Waals surface area contributed by atoms with Gasteiger partial charge in [-0.05, 0) is 46.6 Å². The Bertz CT molecular complexity index is 770. The van der Waals surface area contributed by atoms with Gasteiger partial charge in [0, 0.05) is 34.6 Å². The summed E-state index contributed by atoms with van der Waals surface area (Å²) in [6, 6.07) is 8.38. The second-order valence-corrected chi connectivity index (χ2v) is 5.35. The van der Waals surface area contributed by atoms with Gasteiger partial charge in [0.05, 0.1) is 10.6 Å². The quantitative estimate of drug-likeness (QED) is 0.527. The van der Waals surface area contributed by atoms with Crippen LogP contribution in [0.25, 0.3) is 16.9 Å². The second-order valence-electron chi connectivity index (χ2n) is 4.50. The number of aryl methyl sites for hydroxylation is 1. The van der Waals surface area contributed by atoms with Crippen LogP contribution in [0.15, 0.2) is 47.2 Å². The fourth-order valence-corrected chi connectivity index (χ4v) is 2.33. The summed E-state index contributed by atoms with van der Waals surface area (Å²) in [5.74, 6) is 0. The van der Waals surface area contributed by atoms with E-state index in [4.69, 9.17) is 0 Å². The van der Waals surface area contributed by atoms with Crippen LogP contribution in [-0.4, -0.2) is 14.3 Å². The second kappa shape index (κ2) is 4.72. The Kier molecular flexibility index (Phi) is 3.02. The van der Waals surface area contributed by atoms with Crippen molar-refractivity contribution < 1.29 is 4.92 Å². The first-order chi connectivity index (χ1) is 9.54. The number of halogens is 1. The predicted octanol–water partition coefficient (Wildman–Crippen LogP) is 3.98. The average molecular weight is 332 g/mol. The highest BCUT2D eigenvalue weighted by Crippen LogP contribution is 2.24. The van der Waals surface area contributed by atoms with Crippen LogP contribution in [0.3, 0.4) is 0 Å². The van der Waals surface area contributed by atoms with Crippen LogP contribution in [0.4, 0.5) is 5.69 Å². The number of rotatable bonds is 2. The molecule has 0 bridgehead atoms. The number of hydrogen-bond acceptors (Lipinski definition) is 3. The topological polar surface area (TPSA) is 60.4 Å². The summed E-state index contributed by atoms with van der Waals surface area (Å²) in [6.45, 7) is 2.00. The van der Waals surface area contributed by atoms with Crippen LogP contribution < -0.4 is 0 Å². The van der Waals surface area contributed by atoms with Crippen molar-refractivity contribution in [3.8, 4) is 11.3 Å². The van der Waals surface area contributed by atoms with Gasteiger partial charge in [0.15, 0.2) is 0 Å². The third kappa shape index (κ3) is 2.18. The van der Waals surface area contributed by atoms with Crippen molar-refractivity contribution in [2.24, 2.45) is 0 Å². The molecule has 0 N–H and O–H groups in total. The largest absolute Gasteiger partial charge is 0.305 e. The fraction of sp³-hybridized carbons (Fsp3) is 0.0714. The summed E-state index contributed by atoms with van der Waals surface area (Å²) in [5, 5.41) is 10.6. The molecule has 20 heavy (non-hydrogen) atoms. The Balaban J connectivity index is 2.07. The molecule has 3 rings (SSSR count). The fourth-order valence-electron chi connectivity index (χ4n) is 2.00. The smallest absolute Gasteiger partial charge is 0.269 e. The molecule has 1 aromatic carbocycles. The van der Waals surface area contributed by atoms with Crippen LogP contribution >= 0.6 is 15.9 Å². The molecule has 5 nitrogen and oxygen atoms in total. The molecule has 2 heterocycles. The molecule has 0 amide bonds. The molecule has 0 saturated carbocycles. The van der Waals surface area contributed by atoms with Crippen LogP contribution in [0, 0.1) is 17.0 Å². The molecule has 0 unspecified atom stereocenters. The Morgan fingerprint density at radius 2 is 1.95 bits per heavy atom. The van der Waals surface area contributed by atoms with E-state index in [0.29, 0.717) is 0 Å². The number of hydrogen-bond donors (Lipinski definition) is 0. The first-order valence-electron chi connectivity index (χ1n) is 5.94. The van der Waals surface area contributed by atoms with Crippen molar-refractivity contribution in [3.63, 3.8) is 0 Å². The van der Waals surface area contributed by atoms with Gasteiger partial charge < -0.3 is 4.40 Å². The van der Waals surface area contributed by atoms with Gasteiger partial charge in [-0.2, -0.15) is 0 Å². The molecule has 0 saturated heterocycles. The van der Waals surface area contributed by atoms with Gasteiger partial charge in [-0.25, -0.2) is 4.98 Å². The number of non-ortho nitro benzene ring substituents is 1. The highest BCUT2D eigenvalue weighted by Gasteiger charge is 2.09. The lowest BCUT2D eigenvalue weighted by molar-refractivity contribution is -0.384. The van der Waals surface area contributed by atoms with E-state index in [1.165, 1.54) is 12.1 Å². The lowest BCUT2D eigenvalue weighted by atomic mass is 10.1. The standard InChI is InChI=1S/C14H10BrN3O2/c1-9-6-14-16-13(8-17(14)7-12(9)15)10-2-4-11(5-3-10)18(19)20/h2-8H,1H3. The molecule has 0 radical (unpaired) electrons. The first kappa shape index (κ1) is 12.8. The molecular formula is C14H10BrN3O2. The van der Waals surface area contributed by atoms with Gasteiger partial charge in [0.25, 0.3) is 5.69 Å². The minimum Gasteiger partial charge on any atom is -0.305 e. The first-order valence-corrected chi connectivity index (χ1v) is 6.73. The highest BCUT2D eigenvalue weighted by molar-refractivity contribution is 9.10. The lowest BCUT2D eigenvalue weighted by Gasteiger charge is -1.98. The Labute approximate surface area is 123 Å². The summed E-state index contributed by atoms with van der Waals surface area (Å²) in [6.07, 6.45) is 3.85. The van der Waals surface area contributed by atoms with Crippen molar-refractivity contribution >= 4 is 27.3 Å². The van der Waals surface area contributed by atoms with Crippen molar-refractivity contribution in [1.82, 2.24) is 9.38 Å². The van der Waals surface area contributed by atoms with Crippen LogP contribution in [0.1, 0.15) is 5.56 Å². The number of pyridine rings is 1. The molecule has 3 aromatic rings. The molecule has 6 heteroatoms. The molecular weight excluding hydrogens is 322 g/mol. The van der Waals surface area contributed by atoms with Crippen molar-refractivity contribution in [2.45, 2.75) is 6.92 Å². The van der Waals surface area contributed by atoms with Gasteiger partial charge >= 0.3 is 0 Å². The maximum absolute atomic E-state index is 10.6. The zero-order chi connectivity index (χ0) is 14.3. The minimum absolute atomic E-state index is 0.0797. The number of aromatic nitrogens is 2. The van der Waals surface area contributed by atoms with E-state index >= 15 is 0 Å². The zero-order valence-electron chi connectivity index (χ0n) is 10.6. The summed E-state index contributed by atoms with van der Waals surface area (Å²) in [7, 11) is 0. The van der Waals surface area contributed by atoms with Gasteiger partial charge in [-0.15, -0.1) is 0 Å². The van der Waals surface area contributed by atoms with E-state index in [1.54, 1.807) is 12.1 Å². The monoisotopic (exact) mass is 331 g/mol. The Morgan fingerprint density at radius 3 is 2.60 bits per heavy atom. The maximum atomic E-state index is 10.6. The van der Waals surface area contributed by atoms with E-state index in [-0.39, 0.29) is 5.69 Å². The SMILES string of the molecule is Cc1cc2nc(-c3ccc([N+](=O)[O-])cc3)cn2cc1Br. The van der Waals surface area contributed by atoms with Gasteiger partial charge in [0.2, 0.25) is 0 Å². The van der Waals surface area contributed by atoms with E-state index in [9.17, 15) is 10.1 Å². The molecule has 0 aliphatic rings. The Morgan fingerprint density at radius 1 is 1.25 bits per heavy atom. The van der Waals surface area contributed by atoms with Crippen molar-refractivity contribution in [2.75, 3.05) is 0 Å². The number of imidazole rings is 1. The van der Waals surface area contributed by atoms with E-state index in [2.05, 4.69) is 20.9 Å². The molecule has 0 fully saturated rings. The maximum Gasteiger partial charge on any atom is 0.269 e. The van der Waals surface area contributed by atoms with E-state index in [1.807, 2.05) is 29.8 Å². The zero-order valence-corrected chi connectivity index (χ0v) is 12.2. The van der Waals surface area contributed by atoms with Crippen LogP contribution in [0.5, 0.6) is 0 Å².